The fraction of sp³-hybridized carbons (Fsp3) is 0.417. The molecule has 0 aliphatic heterocycles. The van der Waals surface area contributed by atoms with Crippen LogP contribution in [-0.2, 0) is 9.53 Å². The summed E-state index contributed by atoms with van der Waals surface area (Å²) >= 11 is 0. The highest BCUT2D eigenvalue weighted by atomic mass is 16.6. The molecule has 0 fully saturated rings. The summed E-state index contributed by atoms with van der Waals surface area (Å²) < 4.78 is 5.14. The van der Waals surface area contributed by atoms with Gasteiger partial charge in [-0.25, -0.2) is 4.98 Å². The Morgan fingerprint density at radius 1 is 1.58 bits per heavy atom. The van der Waals surface area contributed by atoms with Crippen LogP contribution in [0.25, 0.3) is 0 Å². The van der Waals surface area contributed by atoms with Crippen molar-refractivity contribution in [2.75, 3.05) is 11.9 Å². The molecule has 0 aliphatic rings. The van der Waals surface area contributed by atoms with Gasteiger partial charge in [0, 0.05) is 11.8 Å². The monoisotopic (exact) mass is 266 g/mol. The molecule has 0 aromatic carbocycles. The highest BCUT2D eigenvalue weighted by Gasteiger charge is 2.15. The number of carbonyl (C=O) groups is 1. The molecular formula is C12H18N4O3. The first kappa shape index (κ1) is 14.7. The lowest BCUT2D eigenvalue weighted by Crippen LogP contribution is -2.28. The molecule has 0 saturated carbocycles. The lowest BCUT2D eigenvalue weighted by atomic mass is 10.2. The van der Waals surface area contributed by atoms with Crippen LogP contribution in [0.15, 0.2) is 23.5 Å². The normalized spacial score (nSPS) is 12.1. The highest BCUT2D eigenvalue weighted by Crippen LogP contribution is 2.09. The Morgan fingerprint density at radius 2 is 2.26 bits per heavy atom. The molecule has 1 rings (SSSR count). The first-order valence-corrected chi connectivity index (χ1v) is 5.71. The van der Waals surface area contributed by atoms with Crippen LogP contribution in [0.3, 0.4) is 0 Å². The van der Waals surface area contributed by atoms with Crippen molar-refractivity contribution < 1.29 is 14.7 Å². The molecule has 19 heavy (non-hydrogen) atoms. The van der Waals surface area contributed by atoms with Crippen molar-refractivity contribution in [2.24, 2.45) is 10.9 Å². The Hall–Kier alpha value is -2.31. The molecule has 1 heterocycles. The van der Waals surface area contributed by atoms with Gasteiger partial charge in [-0.1, -0.05) is 5.16 Å². The van der Waals surface area contributed by atoms with E-state index in [0.29, 0.717) is 11.4 Å². The summed E-state index contributed by atoms with van der Waals surface area (Å²) in [5, 5.41) is 14.3. The van der Waals surface area contributed by atoms with Crippen molar-refractivity contribution in [1.82, 2.24) is 4.98 Å². The molecule has 1 aromatic heterocycles. The van der Waals surface area contributed by atoms with Gasteiger partial charge in [0.15, 0.2) is 5.84 Å². The second-order valence-corrected chi connectivity index (χ2v) is 4.85. The van der Waals surface area contributed by atoms with E-state index in [2.05, 4.69) is 15.5 Å². The maximum atomic E-state index is 11.5. The molecule has 7 heteroatoms. The molecule has 0 spiro atoms. The summed E-state index contributed by atoms with van der Waals surface area (Å²) in [6.07, 6.45) is 1.49. The Morgan fingerprint density at radius 3 is 2.84 bits per heavy atom. The lowest BCUT2D eigenvalue weighted by Gasteiger charge is -2.19. The topological polar surface area (TPSA) is 110 Å². The van der Waals surface area contributed by atoms with Crippen molar-refractivity contribution in [3.8, 4) is 0 Å². The quantitative estimate of drug-likeness (QED) is 0.246. The van der Waals surface area contributed by atoms with E-state index in [1.807, 2.05) is 0 Å². The summed E-state index contributed by atoms with van der Waals surface area (Å²) in [5.74, 6) is 0.0289. The minimum Gasteiger partial charge on any atom is -0.459 e. The van der Waals surface area contributed by atoms with Gasteiger partial charge in [-0.2, -0.15) is 0 Å². The van der Waals surface area contributed by atoms with E-state index in [1.54, 1.807) is 32.9 Å². The minimum atomic E-state index is -0.526. The van der Waals surface area contributed by atoms with E-state index in [9.17, 15) is 4.79 Å². The highest BCUT2D eigenvalue weighted by molar-refractivity contribution is 5.97. The molecule has 7 nitrogen and oxygen atoms in total. The smallest absolute Gasteiger partial charge is 0.325 e. The second kappa shape index (κ2) is 6.03. The predicted octanol–water partition coefficient (Wildman–Crippen LogP) is 0.930. The van der Waals surface area contributed by atoms with Crippen LogP contribution in [0.5, 0.6) is 0 Å². The van der Waals surface area contributed by atoms with Crippen molar-refractivity contribution in [2.45, 2.75) is 26.4 Å². The van der Waals surface area contributed by atoms with Crippen molar-refractivity contribution >= 4 is 17.6 Å². The van der Waals surface area contributed by atoms with Gasteiger partial charge in [0.25, 0.3) is 0 Å². The SMILES string of the molecule is CC(C)(C)OC(=O)CNc1cc(C(N)=NO)ccn1. The van der Waals surface area contributed by atoms with Gasteiger partial charge in [-0.3, -0.25) is 4.79 Å². The largest absolute Gasteiger partial charge is 0.459 e. The molecule has 0 aliphatic carbocycles. The lowest BCUT2D eigenvalue weighted by molar-refractivity contribution is -0.152. The molecule has 104 valence electrons. The Kier molecular flexibility index (Phi) is 4.68. The third-order valence-electron chi connectivity index (χ3n) is 2.00. The van der Waals surface area contributed by atoms with Gasteiger partial charge < -0.3 is 21.0 Å². The molecule has 1 aromatic rings. The standard InChI is InChI=1S/C12H18N4O3/c1-12(2,3)19-10(17)7-15-9-6-8(4-5-14-9)11(13)16-18/h4-6,18H,7H2,1-3H3,(H2,13,16)(H,14,15). The molecule has 0 saturated heterocycles. The van der Waals surface area contributed by atoms with Crippen molar-refractivity contribution in [3.63, 3.8) is 0 Å². The van der Waals surface area contributed by atoms with E-state index in [1.165, 1.54) is 6.20 Å². The van der Waals surface area contributed by atoms with E-state index >= 15 is 0 Å². The number of anilines is 1. The van der Waals surface area contributed by atoms with Gasteiger partial charge in [0.2, 0.25) is 0 Å². The van der Waals surface area contributed by atoms with Gasteiger partial charge in [-0.05, 0) is 32.9 Å². The Bertz CT molecular complexity index is 480. The van der Waals surface area contributed by atoms with Crippen LogP contribution in [0, 0.1) is 0 Å². The number of esters is 1. The fourth-order valence-corrected chi connectivity index (χ4v) is 1.28. The van der Waals surface area contributed by atoms with Gasteiger partial charge >= 0.3 is 5.97 Å². The Labute approximate surface area is 111 Å². The second-order valence-electron chi connectivity index (χ2n) is 4.85. The van der Waals surface area contributed by atoms with Crippen LogP contribution in [0.4, 0.5) is 5.82 Å². The summed E-state index contributed by atoms with van der Waals surface area (Å²) in [4.78, 5) is 15.5. The number of nitrogens with two attached hydrogens (primary N) is 1. The van der Waals surface area contributed by atoms with Gasteiger partial charge in [0.05, 0.1) is 0 Å². The predicted molar refractivity (Wildman–Crippen MR) is 71.1 cm³/mol. The molecule has 0 atom stereocenters. The van der Waals surface area contributed by atoms with E-state index in [0.717, 1.165) is 0 Å². The number of oxime groups is 1. The zero-order chi connectivity index (χ0) is 14.5. The number of hydrogen-bond acceptors (Lipinski definition) is 6. The first-order chi connectivity index (χ1) is 8.81. The number of nitrogens with zero attached hydrogens (tertiary/aromatic N) is 2. The molecule has 0 unspecified atom stereocenters. The third kappa shape index (κ3) is 5.24. The number of nitrogens with one attached hydrogen (secondary N) is 1. The number of rotatable bonds is 4. The average molecular weight is 266 g/mol. The zero-order valence-corrected chi connectivity index (χ0v) is 11.2. The average Bonchev–Trinajstić information content (AvgIpc) is 2.34. The van der Waals surface area contributed by atoms with Crippen molar-refractivity contribution in [3.05, 3.63) is 23.9 Å². The number of amidine groups is 1. The van der Waals surface area contributed by atoms with Crippen molar-refractivity contribution in [1.29, 1.82) is 0 Å². The van der Waals surface area contributed by atoms with Crippen LogP contribution in [-0.4, -0.2) is 34.1 Å². The zero-order valence-electron chi connectivity index (χ0n) is 11.2. The Balaban J connectivity index is 2.61. The van der Waals surface area contributed by atoms with E-state index in [4.69, 9.17) is 15.7 Å². The van der Waals surface area contributed by atoms with Crippen LogP contribution < -0.4 is 11.1 Å². The summed E-state index contributed by atoms with van der Waals surface area (Å²) in [5.41, 5.74) is 5.43. The molecule has 0 radical (unpaired) electrons. The molecule has 0 amide bonds. The van der Waals surface area contributed by atoms with Crippen LogP contribution in [0.2, 0.25) is 0 Å². The number of aromatic nitrogens is 1. The summed E-state index contributed by atoms with van der Waals surface area (Å²) in [7, 11) is 0. The van der Waals surface area contributed by atoms with Crippen LogP contribution >= 0.6 is 0 Å². The first-order valence-electron chi connectivity index (χ1n) is 5.71. The fourth-order valence-electron chi connectivity index (χ4n) is 1.28. The number of ether oxygens (including phenoxy) is 1. The maximum Gasteiger partial charge on any atom is 0.325 e. The molecule has 0 bridgehead atoms. The number of hydrogen-bond donors (Lipinski definition) is 3. The molecule has 4 N–H and O–H groups in total. The minimum absolute atomic E-state index is 0.0100. The van der Waals surface area contributed by atoms with Crippen LogP contribution in [0.1, 0.15) is 26.3 Å². The molecular weight excluding hydrogens is 248 g/mol. The van der Waals surface area contributed by atoms with E-state index < -0.39 is 5.60 Å². The summed E-state index contributed by atoms with van der Waals surface area (Å²) in [6, 6.07) is 3.16. The number of carbonyl (C=O) groups excluding carboxylic acids is 1. The van der Waals surface area contributed by atoms with Gasteiger partial charge in [0.1, 0.15) is 18.0 Å². The summed E-state index contributed by atoms with van der Waals surface area (Å²) in [6.45, 7) is 5.37. The van der Waals surface area contributed by atoms with E-state index in [-0.39, 0.29) is 18.3 Å². The number of pyridine rings is 1. The van der Waals surface area contributed by atoms with Gasteiger partial charge in [-0.15, -0.1) is 0 Å². The maximum absolute atomic E-state index is 11.5. The third-order valence-corrected chi connectivity index (χ3v) is 2.00.